The summed E-state index contributed by atoms with van der Waals surface area (Å²) in [5.74, 6) is 0.0464. The topological polar surface area (TPSA) is 66.5 Å². The molecule has 0 spiro atoms. The largest absolute Gasteiger partial charge is 0.334 e. The molecule has 6 heteroatoms. The predicted octanol–water partition coefficient (Wildman–Crippen LogP) is 1.89. The van der Waals surface area contributed by atoms with Gasteiger partial charge in [-0.3, -0.25) is 0 Å². The Kier molecular flexibility index (Phi) is 4.36. The third-order valence-corrected chi connectivity index (χ3v) is 7.50. The van der Waals surface area contributed by atoms with Gasteiger partial charge < -0.3 is 10.2 Å². The molecule has 1 saturated heterocycles. The summed E-state index contributed by atoms with van der Waals surface area (Å²) in [6.07, 6.45) is 3.48. The second kappa shape index (κ2) is 6.15. The van der Waals surface area contributed by atoms with Gasteiger partial charge in [0.15, 0.2) is 9.84 Å². The second-order valence-corrected chi connectivity index (χ2v) is 9.10. The lowest BCUT2D eigenvalue weighted by Crippen LogP contribution is -2.56. The van der Waals surface area contributed by atoms with Gasteiger partial charge in [-0.15, -0.1) is 0 Å². The Morgan fingerprint density at radius 3 is 2.78 bits per heavy atom. The molecule has 2 atom stereocenters. The number of aryl methyl sites for hydroxylation is 2. The van der Waals surface area contributed by atoms with Crippen molar-refractivity contribution in [3.8, 4) is 0 Å². The fourth-order valence-electron chi connectivity index (χ4n) is 3.47. The van der Waals surface area contributed by atoms with E-state index in [2.05, 4.69) is 23.5 Å². The van der Waals surface area contributed by atoms with Crippen LogP contribution in [0, 0.1) is 0 Å². The summed E-state index contributed by atoms with van der Waals surface area (Å²) in [4.78, 5) is 14.0. The first-order chi connectivity index (χ1) is 10.9. The molecule has 1 aromatic rings. The highest BCUT2D eigenvalue weighted by molar-refractivity contribution is 7.92. The number of urea groups is 1. The SMILES string of the molecule is CC1C(C)S(=O)(=O)CCN1C(=O)NCc1ccc2c(c1)CCC2. The molecule has 23 heavy (non-hydrogen) atoms. The molecule has 1 aliphatic carbocycles. The van der Waals surface area contributed by atoms with E-state index in [0.717, 1.165) is 18.4 Å². The monoisotopic (exact) mass is 336 g/mol. The maximum Gasteiger partial charge on any atom is 0.317 e. The number of rotatable bonds is 2. The van der Waals surface area contributed by atoms with Crippen molar-refractivity contribution < 1.29 is 13.2 Å². The van der Waals surface area contributed by atoms with Crippen LogP contribution in [0.5, 0.6) is 0 Å². The number of hydrogen-bond acceptors (Lipinski definition) is 3. The zero-order valence-electron chi connectivity index (χ0n) is 13.7. The molecule has 1 aliphatic heterocycles. The molecule has 1 heterocycles. The van der Waals surface area contributed by atoms with Gasteiger partial charge in [-0.2, -0.15) is 0 Å². The minimum Gasteiger partial charge on any atom is -0.334 e. The number of nitrogens with one attached hydrogen (secondary N) is 1. The summed E-state index contributed by atoms with van der Waals surface area (Å²) >= 11 is 0. The van der Waals surface area contributed by atoms with Crippen molar-refractivity contribution in [2.24, 2.45) is 0 Å². The fourth-order valence-corrected chi connectivity index (χ4v) is 5.04. The molecule has 2 aliphatic rings. The number of hydrogen-bond donors (Lipinski definition) is 1. The molecule has 1 N–H and O–H groups in total. The molecule has 126 valence electrons. The van der Waals surface area contributed by atoms with Gasteiger partial charge in [-0.25, -0.2) is 13.2 Å². The first-order valence-corrected chi connectivity index (χ1v) is 9.97. The van der Waals surface area contributed by atoms with E-state index >= 15 is 0 Å². The van der Waals surface area contributed by atoms with Crippen LogP contribution in [0.1, 0.15) is 37.0 Å². The Balaban J connectivity index is 1.61. The maximum atomic E-state index is 12.4. The van der Waals surface area contributed by atoms with Crippen LogP contribution in [0.25, 0.3) is 0 Å². The predicted molar refractivity (Wildman–Crippen MR) is 90.1 cm³/mol. The van der Waals surface area contributed by atoms with Crippen LogP contribution >= 0.6 is 0 Å². The highest BCUT2D eigenvalue weighted by Crippen LogP contribution is 2.23. The van der Waals surface area contributed by atoms with Crippen molar-refractivity contribution in [3.05, 3.63) is 34.9 Å². The molecular formula is C17H24N2O3S. The van der Waals surface area contributed by atoms with E-state index in [-0.39, 0.29) is 24.4 Å². The molecule has 1 fully saturated rings. The highest BCUT2D eigenvalue weighted by atomic mass is 32.2. The number of carbonyl (C=O) groups excluding carboxylic acids is 1. The van der Waals surface area contributed by atoms with Gasteiger partial charge in [0.05, 0.1) is 11.0 Å². The third kappa shape index (κ3) is 3.22. The molecule has 0 saturated carbocycles. The van der Waals surface area contributed by atoms with Gasteiger partial charge >= 0.3 is 6.03 Å². The zero-order valence-corrected chi connectivity index (χ0v) is 14.5. The second-order valence-electron chi connectivity index (χ2n) is 6.62. The van der Waals surface area contributed by atoms with Gasteiger partial charge in [0.1, 0.15) is 0 Å². The minimum absolute atomic E-state index is 0.0464. The normalized spacial score (nSPS) is 25.9. The lowest BCUT2D eigenvalue weighted by molar-refractivity contribution is 0.177. The average Bonchev–Trinajstić information content (AvgIpc) is 2.98. The van der Waals surface area contributed by atoms with E-state index in [1.54, 1.807) is 18.7 Å². The Labute approximate surface area is 138 Å². The summed E-state index contributed by atoms with van der Waals surface area (Å²) in [6, 6.07) is 5.92. The Bertz CT molecular complexity index is 715. The molecule has 2 amide bonds. The van der Waals surface area contributed by atoms with Gasteiger partial charge in [0.25, 0.3) is 0 Å². The number of nitrogens with zero attached hydrogens (tertiary/aromatic N) is 1. The van der Waals surface area contributed by atoms with Crippen LogP contribution in [-0.4, -0.2) is 42.9 Å². The lowest BCUT2D eigenvalue weighted by Gasteiger charge is -2.37. The number of amides is 2. The summed E-state index contributed by atoms with van der Waals surface area (Å²) in [5.41, 5.74) is 3.91. The first kappa shape index (κ1) is 16.3. The van der Waals surface area contributed by atoms with E-state index < -0.39 is 15.1 Å². The van der Waals surface area contributed by atoms with Crippen LogP contribution in [-0.2, 0) is 29.2 Å². The molecule has 1 aromatic carbocycles. The molecule has 0 bridgehead atoms. The highest BCUT2D eigenvalue weighted by Gasteiger charge is 2.37. The lowest BCUT2D eigenvalue weighted by atomic mass is 10.1. The Hall–Kier alpha value is -1.56. The van der Waals surface area contributed by atoms with Crippen molar-refractivity contribution >= 4 is 15.9 Å². The maximum absolute atomic E-state index is 12.4. The van der Waals surface area contributed by atoms with Gasteiger partial charge in [-0.05, 0) is 49.8 Å². The van der Waals surface area contributed by atoms with Crippen molar-refractivity contribution in [2.45, 2.75) is 50.9 Å². The standard InChI is InChI=1S/C17H24N2O3S/c1-12-13(2)23(21,22)9-8-19(12)17(20)18-11-14-6-7-15-4-3-5-16(15)10-14/h6-7,10,12-13H,3-5,8-9,11H2,1-2H3,(H,18,20). The van der Waals surface area contributed by atoms with E-state index in [4.69, 9.17) is 0 Å². The van der Waals surface area contributed by atoms with E-state index in [1.165, 1.54) is 17.5 Å². The van der Waals surface area contributed by atoms with E-state index in [1.807, 2.05) is 0 Å². The van der Waals surface area contributed by atoms with Crippen molar-refractivity contribution in [1.82, 2.24) is 10.2 Å². The van der Waals surface area contributed by atoms with E-state index in [0.29, 0.717) is 6.54 Å². The molecule has 0 aromatic heterocycles. The number of sulfone groups is 1. The molecule has 2 unspecified atom stereocenters. The van der Waals surface area contributed by atoms with Crippen LogP contribution in [0.4, 0.5) is 4.79 Å². The van der Waals surface area contributed by atoms with Crippen molar-refractivity contribution in [1.29, 1.82) is 0 Å². The number of fused-ring (bicyclic) bond motifs is 1. The van der Waals surface area contributed by atoms with Gasteiger partial charge in [0, 0.05) is 19.1 Å². The molecule has 3 rings (SSSR count). The first-order valence-electron chi connectivity index (χ1n) is 8.25. The van der Waals surface area contributed by atoms with Crippen LogP contribution < -0.4 is 5.32 Å². The summed E-state index contributed by atoms with van der Waals surface area (Å²) < 4.78 is 23.8. The van der Waals surface area contributed by atoms with Crippen LogP contribution in [0.2, 0.25) is 0 Å². The van der Waals surface area contributed by atoms with E-state index in [9.17, 15) is 13.2 Å². The molecule has 0 radical (unpaired) electrons. The fraction of sp³-hybridized carbons (Fsp3) is 0.588. The van der Waals surface area contributed by atoms with Gasteiger partial charge in [-0.1, -0.05) is 18.2 Å². The summed E-state index contributed by atoms with van der Waals surface area (Å²) in [6.45, 7) is 4.23. The average molecular weight is 336 g/mol. The smallest absolute Gasteiger partial charge is 0.317 e. The molecule has 5 nitrogen and oxygen atoms in total. The minimum atomic E-state index is -3.07. The summed E-state index contributed by atoms with van der Waals surface area (Å²) in [5, 5.41) is 2.42. The summed E-state index contributed by atoms with van der Waals surface area (Å²) in [7, 11) is -3.07. The number of benzene rings is 1. The zero-order chi connectivity index (χ0) is 16.6. The van der Waals surface area contributed by atoms with Crippen molar-refractivity contribution in [2.75, 3.05) is 12.3 Å². The van der Waals surface area contributed by atoms with Gasteiger partial charge in [0.2, 0.25) is 0 Å². The third-order valence-electron chi connectivity index (χ3n) is 5.22. The van der Waals surface area contributed by atoms with Crippen LogP contribution in [0.15, 0.2) is 18.2 Å². The Morgan fingerprint density at radius 1 is 1.26 bits per heavy atom. The Morgan fingerprint density at radius 2 is 2.00 bits per heavy atom. The quantitative estimate of drug-likeness (QED) is 0.897. The van der Waals surface area contributed by atoms with Crippen molar-refractivity contribution in [3.63, 3.8) is 0 Å². The molecular weight excluding hydrogens is 312 g/mol. The van der Waals surface area contributed by atoms with Crippen LogP contribution in [0.3, 0.4) is 0 Å². The number of carbonyl (C=O) groups is 1.